The molecule has 0 bridgehead atoms. The molecule has 0 saturated heterocycles. The van der Waals surface area contributed by atoms with Gasteiger partial charge in [-0.05, 0) is 73.2 Å². The van der Waals surface area contributed by atoms with Crippen molar-refractivity contribution < 1.29 is 28.6 Å². The second-order valence-corrected chi connectivity index (χ2v) is 12.0. The van der Waals surface area contributed by atoms with Crippen LogP contribution in [0.25, 0.3) is 6.08 Å². The van der Waals surface area contributed by atoms with Crippen LogP contribution in [0.1, 0.15) is 33.7 Å². The zero-order valence-corrected chi connectivity index (χ0v) is 28.7. The zero-order chi connectivity index (χ0) is 35.3. The predicted molar refractivity (Wildman–Crippen MR) is 198 cm³/mol. The topological polar surface area (TPSA) is 115 Å². The number of hydrogen-bond acceptors (Lipinski definition) is 7. The number of para-hydroxylation sites is 2. The molecule has 0 aromatic heterocycles. The van der Waals surface area contributed by atoms with E-state index in [9.17, 15) is 14.4 Å². The van der Waals surface area contributed by atoms with E-state index in [4.69, 9.17) is 14.2 Å². The molecule has 0 radical (unpaired) electrons. The Morgan fingerprint density at radius 1 is 0.740 bits per heavy atom. The molecular formula is C40H37N3O6S. The molecule has 0 aliphatic rings. The van der Waals surface area contributed by atoms with Gasteiger partial charge in [-0.15, -0.1) is 11.8 Å². The molecule has 254 valence electrons. The van der Waals surface area contributed by atoms with Gasteiger partial charge in [-0.3, -0.25) is 14.4 Å². The summed E-state index contributed by atoms with van der Waals surface area (Å²) >= 11 is 1.34. The van der Waals surface area contributed by atoms with Crippen LogP contribution in [0.4, 0.5) is 11.4 Å². The Balaban J connectivity index is 1.41. The van der Waals surface area contributed by atoms with Crippen LogP contribution in [0.5, 0.6) is 17.2 Å². The molecule has 9 nitrogen and oxygen atoms in total. The number of nitrogens with one attached hydrogen (secondary N) is 3. The Labute approximate surface area is 295 Å². The molecule has 0 heterocycles. The summed E-state index contributed by atoms with van der Waals surface area (Å²) < 4.78 is 16.6. The maximum atomic E-state index is 13.8. The van der Waals surface area contributed by atoms with Gasteiger partial charge in [0.2, 0.25) is 5.91 Å². The average Bonchev–Trinajstić information content (AvgIpc) is 3.15. The van der Waals surface area contributed by atoms with Gasteiger partial charge in [0.05, 0.1) is 26.5 Å². The molecule has 1 unspecified atom stereocenters. The smallest absolute Gasteiger partial charge is 0.272 e. The Bertz CT molecular complexity index is 1970. The van der Waals surface area contributed by atoms with Crippen LogP contribution < -0.4 is 30.2 Å². The SMILES string of the molecule is CCOc1ccccc1NC(=O)C(Sc1cccc(NC(=O)/C(=C\c2ccc(OC)cc2OC)NC(=O)c2ccccc2)c1)c1ccccc1. The first kappa shape index (κ1) is 35.3. The van der Waals surface area contributed by atoms with Crippen LogP contribution in [0, 0.1) is 0 Å². The van der Waals surface area contributed by atoms with Crippen LogP contribution in [-0.2, 0) is 9.59 Å². The molecular weight excluding hydrogens is 651 g/mol. The van der Waals surface area contributed by atoms with Crippen molar-refractivity contribution in [2.75, 3.05) is 31.5 Å². The van der Waals surface area contributed by atoms with E-state index in [0.717, 1.165) is 10.5 Å². The molecule has 0 fully saturated rings. The summed E-state index contributed by atoms with van der Waals surface area (Å²) in [5, 5.41) is 8.06. The van der Waals surface area contributed by atoms with E-state index in [0.29, 0.717) is 46.4 Å². The molecule has 0 spiro atoms. The molecule has 1 atom stereocenters. The number of thioether (sulfide) groups is 1. The lowest BCUT2D eigenvalue weighted by molar-refractivity contribution is -0.116. The van der Waals surface area contributed by atoms with Crippen molar-refractivity contribution in [2.24, 2.45) is 0 Å². The van der Waals surface area contributed by atoms with Crippen molar-refractivity contribution in [1.82, 2.24) is 5.32 Å². The van der Waals surface area contributed by atoms with Crippen molar-refractivity contribution >= 4 is 46.9 Å². The van der Waals surface area contributed by atoms with E-state index in [2.05, 4.69) is 16.0 Å². The second kappa shape index (κ2) is 17.4. The number of rotatable bonds is 14. The Morgan fingerprint density at radius 2 is 1.46 bits per heavy atom. The molecule has 5 rings (SSSR count). The molecule has 5 aromatic rings. The highest BCUT2D eigenvalue weighted by molar-refractivity contribution is 8.00. The van der Waals surface area contributed by atoms with E-state index in [1.807, 2.05) is 61.5 Å². The lowest BCUT2D eigenvalue weighted by Gasteiger charge is -2.19. The highest BCUT2D eigenvalue weighted by Gasteiger charge is 2.24. The van der Waals surface area contributed by atoms with Gasteiger partial charge in [0.1, 0.15) is 28.2 Å². The lowest BCUT2D eigenvalue weighted by atomic mass is 10.1. The van der Waals surface area contributed by atoms with Gasteiger partial charge in [-0.25, -0.2) is 0 Å². The Morgan fingerprint density at radius 3 is 2.18 bits per heavy atom. The van der Waals surface area contributed by atoms with Gasteiger partial charge in [0.25, 0.3) is 11.8 Å². The predicted octanol–water partition coefficient (Wildman–Crippen LogP) is 7.98. The van der Waals surface area contributed by atoms with Crippen LogP contribution in [0.3, 0.4) is 0 Å². The number of hydrogen-bond donors (Lipinski definition) is 3. The third-order valence-electron chi connectivity index (χ3n) is 7.40. The Hall–Kier alpha value is -6.00. The molecule has 0 saturated carbocycles. The summed E-state index contributed by atoms with van der Waals surface area (Å²) in [5.41, 5.74) is 2.79. The third kappa shape index (κ3) is 9.33. The maximum absolute atomic E-state index is 13.8. The minimum atomic E-state index is -0.625. The normalized spacial score (nSPS) is 11.5. The van der Waals surface area contributed by atoms with Gasteiger partial charge in [0, 0.05) is 27.8 Å². The number of methoxy groups -OCH3 is 2. The van der Waals surface area contributed by atoms with Gasteiger partial charge >= 0.3 is 0 Å². The second-order valence-electron chi connectivity index (χ2n) is 10.8. The van der Waals surface area contributed by atoms with E-state index < -0.39 is 17.1 Å². The molecule has 50 heavy (non-hydrogen) atoms. The highest BCUT2D eigenvalue weighted by Crippen LogP contribution is 2.38. The molecule has 0 aliphatic heterocycles. The van der Waals surface area contributed by atoms with Crippen molar-refractivity contribution in [1.29, 1.82) is 0 Å². The van der Waals surface area contributed by atoms with Crippen LogP contribution in [-0.4, -0.2) is 38.5 Å². The molecule has 10 heteroatoms. The number of carbonyl (C=O) groups is 3. The zero-order valence-electron chi connectivity index (χ0n) is 27.8. The minimum Gasteiger partial charge on any atom is -0.497 e. The quantitative estimate of drug-likeness (QED) is 0.0801. The summed E-state index contributed by atoms with van der Waals surface area (Å²) in [5.74, 6) is 0.376. The molecule has 5 aromatic carbocycles. The number of carbonyl (C=O) groups excluding carboxylic acids is 3. The monoisotopic (exact) mass is 687 g/mol. The van der Waals surface area contributed by atoms with E-state index in [1.54, 1.807) is 86.0 Å². The Kier molecular flexibility index (Phi) is 12.3. The van der Waals surface area contributed by atoms with E-state index in [-0.39, 0.29) is 11.6 Å². The standard InChI is InChI=1S/C40H37N3O6S/c1-4-49-35-21-12-11-20-33(35)42-40(46)37(27-14-7-5-8-15-27)50-32-19-13-18-30(25-32)41-39(45)34(43-38(44)28-16-9-6-10-17-28)24-29-22-23-31(47-2)26-36(29)48-3/h5-26,37H,4H2,1-3H3,(H,41,45)(H,42,46)(H,43,44)/b34-24+. The summed E-state index contributed by atoms with van der Waals surface area (Å²) in [6.45, 7) is 2.35. The fourth-order valence-corrected chi connectivity index (χ4v) is 6.05. The van der Waals surface area contributed by atoms with Crippen molar-refractivity contribution in [3.05, 3.63) is 150 Å². The number of amides is 3. The van der Waals surface area contributed by atoms with Crippen molar-refractivity contribution in [3.63, 3.8) is 0 Å². The molecule has 3 N–H and O–H groups in total. The number of ether oxygens (including phenoxy) is 3. The van der Waals surface area contributed by atoms with Crippen LogP contribution >= 0.6 is 11.8 Å². The average molecular weight is 688 g/mol. The van der Waals surface area contributed by atoms with E-state index in [1.165, 1.54) is 18.9 Å². The fraction of sp³-hybridized carbons (Fsp3) is 0.125. The summed E-state index contributed by atoms with van der Waals surface area (Å²) in [4.78, 5) is 41.5. The van der Waals surface area contributed by atoms with Crippen molar-refractivity contribution in [3.8, 4) is 17.2 Å². The molecule has 0 aliphatic carbocycles. The maximum Gasteiger partial charge on any atom is 0.272 e. The largest absolute Gasteiger partial charge is 0.497 e. The first-order valence-corrected chi connectivity index (χ1v) is 16.7. The fourth-order valence-electron chi connectivity index (χ4n) is 4.97. The number of anilines is 2. The van der Waals surface area contributed by atoms with Gasteiger partial charge in [-0.2, -0.15) is 0 Å². The molecule has 3 amide bonds. The van der Waals surface area contributed by atoms with Gasteiger partial charge in [-0.1, -0.05) is 66.7 Å². The third-order valence-corrected chi connectivity index (χ3v) is 8.65. The van der Waals surface area contributed by atoms with E-state index >= 15 is 0 Å². The van der Waals surface area contributed by atoms with Crippen LogP contribution in [0.2, 0.25) is 0 Å². The van der Waals surface area contributed by atoms with Gasteiger partial charge < -0.3 is 30.2 Å². The first-order chi connectivity index (χ1) is 24.4. The summed E-state index contributed by atoms with van der Waals surface area (Å²) in [7, 11) is 3.06. The lowest BCUT2D eigenvalue weighted by Crippen LogP contribution is -2.30. The number of benzene rings is 5. The van der Waals surface area contributed by atoms with Crippen molar-refractivity contribution in [2.45, 2.75) is 17.1 Å². The summed E-state index contributed by atoms with van der Waals surface area (Å²) in [6.07, 6.45) is 1.54. The van der Waals surface area contributed by atoms with Crippen LogP contribution in [0.15, 0.2) is 138 Å². The highest BCUT2D eigenvalue weighted by atomic mass is 32.2. The first-order valence-electron chi connectivity index (χ1n) is 15.8. The summed E-state index contributed by atoms with van der Waals surface area (Å²) in [6, 6.07) is 37.7. The van der Waals surface area contributed by atoms with Gasteiger partial charge in [0.15, 0.2) is 0 Å². The minimum absolute atomic E-state index is 0.00474.